The fourth-order valence-electron chi connectivity index (χ4n) is 1.36. The number of ether oxygens (including phenoxy) is 1. The van der Waals surface area contributed by atoms with Crippen molar-refractivity contribution in [3.63, 3.8) is 0 Å². The van der Waals surface area contributed by atoms with Gasteiger partial charge >= 0.3 is 18.0 Å². The molecule has 114 valence electrons. The zero-order valence-corrected chi connectivity index (χ0v) is 12.4. The number of carboxylic acid groups (broad SMARTS) is 1. The van der Waals surface area contributed by atoms with Crippen molar-refractivity contribution in [1.82, 2.24) is 5.32 Å². The Labute approximate surface area is 130 Å². The van der Waals surface area contributed by atoms with Crippen LogP contribution in [0.15, 0.2) is 18.2 Å². The number of benzene rings is 1. The van der Waals surface area contributed by atoms with Crippen LogP contribution in [0.2, 0.25) is 10.0 Å². The lowest BCUT2D eigenvalue weighted by Crippen LogP contribution is -2.44. The van der Waals surface area contributed by atoms with Gasteiger partial charge in [0.05, 0.1) is 24.2 Å². The molecule has 21 heavy (non-hydrogen) atoms. The summed E-state index contributed by atoms with van der Waals surface area (Å²) in [4.78, 5) is 33.7. The number of aliphatic carboxylic acids is 1. The van der Waals surface area contributed by atoms with Crippen LogP contribution in [0, 0.1) is 0 Å². The zero-order valence-electron chi connectivity index (χ0n) is 10.9. The topological polar surface area (TPSA) is 105 Å². The van der Waals surface area contributed by atoms with Crippen LogP contribution >= 0.6 is 23.2 Å². The highest BCUT2D eigenvalue weighted by molar-refractivity contribution is 6.36. The number of esters is 1. The van der Waals surface area contributed by atoms with E-state index in [1.807, 2.05) is 0 Å². The fourth-order valence-corrected chi connectivity index (χ4v) is 1.81. The second-order valence-corrected chi connectivity index (χ2v) is 4.74. The predicted molar refractivity (Wildman–Crippen MR) is 76.7 cm³/mol. The van der Waals surface area contributed by atoms with Gasteiger partial charge in [0.1, 0.15) is 6.04 Å². The number of carbonyl (C=O) groups excluding carboxylic acids is 2. The van der Waals surface area contributed by atoms with Gasteiger partial charge in [0.15, 0.2) is 0 Å². The Hall–Kier alpha value is -1.99. The van der Waals surface area contributed by atoms with E-state index in [4.69, 9.17) is 28.3 Å². The molecule has 0 aliphatic rings. The second kappa shape index (κ2) is 7.70. The van der Waals surface area contributed by atoms with Gasteiger partial charge in [-0.1, -0.05) is 23.2 Å². The van der Waals surface area contributed by atoms with E-state index in [-0.39, 0.29) is 10.7 Å². The van der Waals surface area contributed by atoms with Gasteiger partial charge < -0.3 is 20.5 Å². The van der Waals surface area contributed by atoms with Crippen LogP contribution in [0.3, 0.4) is 0 Å². The molecule has 1 aromatic rings. The van der Waals surface area contributed by atoms with Crippen molar-refractivity contribution in [2.45, 2.75) is 12.5 Å². The molecule has 2 amide bonds. The van der Waals surface area contributed by atoms with Crippen molar-refractivity contribution in [3.8, 4) is 0 Å². The molecule has 0 aliphatic carbocycles. The summed E-state index contributed by atoms with van der Waals surface area (Å²) in [6, 6.07) is 2.15. The first kappa shape index (κ1) is 17.1. The van der Waals surface area contributed by atoms with Crippen LogP contribution in [0.5, 0.6) is 0 Å². The van der Waals surface area contributed by atoms with Crippen LogP contribution in [0.4, 0.5) is 10.5 Å². The fraction of sp³-hybridized carbons (Fsp3) is 0.250. The maximum Gasteiger partial charge on any atom is 0.326 e. The maximum absolute atomic E-state index is 11.7. The molecule has 3 N–H and O–H groups in total. The smallest absolute Gasteiger partial charge is 0.326 e. The number of rotatable bonds is 5. The number of anilines is 1. The number of carboxylic acids is 1. The Kier molecular flexibility index (Phi) is 6.26. The van der Waals surface area contributed by atoms with E-state index >= 15 is 0 Å². The number of amides is 2. The van der Waals surface area contributed by atoms with Gasteiger partial charge in [0.25, 0.3) is 0 Å². The van der Waals surface area contributed by atoms with Gasteiger partial charge in [-0.3, -0.25) is 4.79 Å². The van der Waals surface area contributed by atoms with Crippen LogP contribution in [0.1, 0.15) is 6.42 Å². The van der Waals surface area contributed by atoms with E-state index in [9.17, 15) is 14.4 Å². The monoisotopic (exact) mass is 334 g/mol. The molecule has 0 heterocycles. The quantitative estimate of drug-likeness (QED) is 0.715. The molecule has 0 aliphatic heterocycles. The first-order valence-corrected chi connectivity index (χ1v) is 6.41. The van der Waals surface area contributed by atoms with Crippen LogP contribution in [-0.2, 0) is 14.3 Å². The summed E-state index contributed by atoms with van der Waals surface area (Å²) in [5, 5.41) is 14.0. The molecule has 0 saturated heterocycles. The van der Waals surface area contributed by atoms with E-state index in [1.165, 1.54) is 18.2 Å². The lowest BCUT2D eigenvalue weighted by atomic mass is 10.2. The van der Waals surface area contributed by atoms with Gasteiger partial charge in [-0.25, -0.2) is 9.59 Å². The van der Waals surface area contributed by atoms with Crippen molar-refractivity contribution in [2.75, 3.05) is 12.4 Å². The van der Waals surface area contributed by atoms with Crippen molar-refractivity contribution in [1.29, 1.82) is 0 Å². The molecule has 0 fully saturated rings. The highest BCUT2D eigenvalue weighted by atomic mass is 35.5. The number of hydrogen-bond acceptors (Lipinski definition) is 4. The number of nitrogens with one attached hydrogen (secondary N) is 2. The molecule has 0 saturated carbocycles. The Morgan fingerprint density at radius 3 is 2.52 bits per heavy atom. The van der Waals surface area contributed by atoms with Gasteiger partial charge in [-0.2, -0.15) is 0 Å². The summed E-state index contributed by atoms with van der Waals surface area (Å²) in [5.74, 6) is -2.12. The third-order valence-corrected chi connectivity index (χ3v) is 2.93. The lowest BCUT2D eigenvalue weighted by molar-refractivity contribution is -0.147. The summed E-state index contributed by atoms with van der Waals surface area (Å²) in [6.45, 7) is 0. The Balaban J connectivity index is 2.69. The highest BCUT2D eigenvalue weighted by Gasteiger charge is 2.23. The average molecular weight is 335 g/mol. The second-order valence-electron chi connectivity index (χ2n) is 3.89. The lowest BCUT2D eigenvalue weighted by Gasteiger charge is -2.14. The van der Waals surface area contributed by atoms with Crippen LogP contribution < -0.4 is 10.6 Å². The van der Waals surface area contributed by atoms with E-state index in [0.717, 1.165) is 7.11 Å². The summed E-state index contributed by atoms with van der Waals surface area (Å²) >= 11 is 11.6. The summed E-state index contributed by atoms with van der Waals surface area (Å²) < 4.78 is 4.35. The van der Waals surface area contributed by atoms with Crippen molar-refractivity contribution < 1.29 is 24.2 Å². The Bertz CT molecular complexity index is 565. The van der Waals surface area contributed by atoms with Crippen LogP contribution in [0.25, 0.3) is 0 Å². The number of halogens is 2. The molecule has 1 rings (SSSR count). The molecular formula is C12H12Cl2N2O5. The number of carbonyl (C=O) groups is 3. The molecule has 0 aromatic heterocycles. The molecule has 7 nitrogen and oxygen atoms in total. The standard InChI is InChI=1S/C12H12Cl2N2O5/c1-21-10(17)5-9(11(18)19)16-12(20)15-8-3-2-6(13)4-7(8)14/h2-4,9H,5H2,1H3,(H,18,19)(H2,15,16,20)/t9-/m0/s1. The van der Waals surface area contributed by atoms with Gasteiger partial charge in [0, 0.05) is 5.02 Å². The van der Waals surface area contributed by atoms with E-state index in [0.29, 0.717) is 5.02 Å². The molecule has 0 bridgehead atoms. The maximum atomic E-state index is 11.7. The number of urea groups is 1. The molecule has 0 radical (unpaired) electrons. The molecular weight excluding hydrogens is 323 g/mol. The normalized spacial score (nSPS) is 11.4. The summed E-state index contributed by atoms with van der Waals surface area (Å²) in [5.41, 5.74) is 0.251. The van der Waals surface area contributed by atoms with Crippen molar-refractivity contribution >= 4 is 46.9 Å². The summed E-state index contributed by atoms with van der Waals surface area (Å²) in [6.07, 6.45) is -0.492. The minimum Gasteiger partial charge on any atom is -0.480 e. The zero-order chi connectivity index (χ0) is 16.0. The molecule has 0 unspecified atom stereocenters. The average Bonchev–Trinajstić information content (AvgIpc) is 2.40. The molecule has 1 atom stereocenters. The largest absolute Gasteiger partial charge is 0.480 e. The first-order valence-electron chi connectivity index (χ1n) is 5.65. The van der Waals surface area contributed by atoms with Gasteiger partial charge in [-0.05, 0) is 18.2 Å². The van der Waals surface area contributed by atoms with Crippen molar-refractivity contribution in [2.24, 2.45) is 0 Å². The third kappa shape index (κ3) is 5.49. The van der Waals surface area contributed by atoms with E-state index in [1.54, 1.807) is 0 Å². The van der Waals surface area contributed by atoms with Crippen molar-refractivity contribution in [3.05, 3.63) is 28.2 Å². The third-order valence-electron chi connectivity index (χ3n) is 2.38. The molecule has 9 heteroatoms. The van der Waals surface area contributed by atoms with Crippen LogP contribution in [-0.4, -0.2) is 36.2 Å². The number of hydrogen-bond donors (Lipinski definition) is 3. The minimum atomic E-state index is -1.41. The molecule has 1 aromatic carbocycles. The van der Waals surface area contributed by atoms with Gasteiger partial charge in [-0.15, -0.1) is 0 Å². The first-order chi connectivity index (χ1) is 9.83. The Morgan fingerprint density at radius 1 is 1.33 bits per heavy atom. The number of methoxy groups -OCH3 is 1. The summed E-state index contributed by atoms with van der Waals surface area (Å²) in [7, 11) is 1.12. The predicted octanol–water partition coefficient (Wildman–Crippen LogP) is 2.13. The Morgan fingerprint density at radius 2 is 2.00 bits per heavy atom. The van der Waals surface area contributed by atoms with E-state index < -0.39 is 30.4 Å². The highest BCUT2D eigenvalue weighted by Crippen LogP contribution is 2.25. The van der Waals surface area contributed by atoms with Gasteiger partial charge in [0.2, 0.25) is 0 Å². The molecule has 0 spiro atoms. The minimum absolute atomic E-state index is 0.192. The van der Waals surface area contributed by atoms with E-state index in [2.05, 4.69) is 15.4 Å². The SMILES string of the molecule is COC(=O)C[C@H](NC(=O)Nc1ccc(Cl)cc1Cl)C(=O)O.